The smallest absolute Gasteiger partial charge is 0.251 e. The molecule has 1 aromatic carbocycles. The lowest BCUT2D eigenvalue weighted by atomic mass is 10.0. The van der Waals surface area contributed by atoms with Gasteiger partial charge in [-0.2, -0.15) is 0 Å². The molecule has 0 aliphatic carbocycles. The Labute approximate surface area is 202 Å². The highest BCUT2D eigenvalue weighted by Gasteiger charge is 2.18. The van der Waals surface area contributed by atoms with Gasteiger partial charge in [-0.05, 0) is 57.0 Å². The minimum atomic E-state index is -0.624. The quantitative estimate of drug-likeness (QED) is 0.321. The van der Waals surface area contributed by atoms with Crippen molar-refractivity contribution in [3.63, 3.8) is 0 Å². The van der Waals surface area contributed by atoms with E-state index in [1.165, 1.54) is 17.4 Å². The first kappa shape index (κ1) is 25.8. The number of ether oxygens (including phenoxy) is 2. The molecule has 34 heavy (non-hydrogen) atoms. The normalized spacial score (nSPS) is 12.2. The molecule has 3 rings (SSSR count). The molecule has 182 valence electrons. The maximum Gasteiger partial charge on any atom is 0.251 e. The largest absolute Gasteiger partial charge is 0.393 e. The number of nitrogens with zero attached hydrogens (tertiary/aromatic N) is 1. The SMILES string of the molecule is CC(O)Cc1ccc(-c2cc(C(N)=O)c(Nc3cccc(COCCOC(C)C)n3)s2)c(F)c1. The highest BCUT2D eigenvalue weighted by molar-refractivity contribution is 7.19. The first-order valence-corrected chi connectivity index (χ1v) is 11.9. The molecule has 0 aliphatic heterocycles. The van der Waals surface area contributed by atoms with Crippen molar-refractivity contribution >= 4 is 28.1 Å². The second-order valence-corrected chi connectivity index (χ2v) is 9.25. The van der Waals surface area contributed by atoms with Crippen LogP contribution in [0.15, 0.2) is 42.5 Å². The van der Waals surface area contributed by atoms with Gasteiger partial charge in [-0.1, -0.05) is 18.2 Å². The number of carbonyl (C=O) groups excluding carboxylic acids is 1. The van der Waals surface area contributed by atoms with Gasteiger partial charge in [-0.15, -0.1) is 11.3 Å². The molecule has 0 aliphatic rings. The molecule has 7 nitrogen and oxygen atoms in total. The number of rotatable bonds is 12. The molecule has 0 saturated heterocycles. The Morgan fingerprint density at radius 3 is 2.68 bits per heavy atom. The van der Waals surface area contributed by atoms with Crippen molar-refractivity contribution in [1.29, 1.82) is 0 Å². The molecule has 2 aromatic heterocycles. The fraction of sp³-hybridized carbons (Fsp3) is 0.360. The fourth-order valence-electron chi connectivity index (χ4n) is 3.29. The Morgan fingerprint density at radius 1 is 1.21 bits per heavy atom. The lowest BCUT2D eigenvalue weighted by molar-refractivity contribution is 0.0136. The Morgan fingerprint density at radius 2 is 2.00 bits per heavy atom. The van der Waals surface area contributed by atoms with Crippen molar-refractivity contribution in [3.05, 3.63) is 65.1 Å². The molecule has 0 bridgehead atoms. The lowest BCUT2D eigenvalue weighted by Gasteiger charge is -2.09. The first-order valence-electron chi connectivity index (χ1n) is 11.1. The summed E-state index contributed by atoms with van der Waals surface area (Å²) in [5, 5.41) is 13.1. The summed E-state index contributed by atoms with van der Waals surface area (Å²) in [4.78, 5) is 17.1. The number of hydrogen-bond donors (Lipinski definition) is 3. The molecule has 1 atom stereocenters. The van der Waals surface area contributed by atoms with Crippen molar-refractivity contribution in [3.8, 4) is 10.4 Å². The molecule has 0 spiro atoms. The molecule has 1 amide bonds. The Bertz CT molecular complexity index is 1120. The number of primary amides is 1. The summed E-state index contributed by atoms with van der Waals surface area (Å²) in [5.41, 5.74) is 7.59. The van der Waals surface area contributed by atoms with E-state index < -0.39 is 17.8 Å². The number of aliphatic hydroxyl groups excluding tert-OH is 1. The van der Waals surface area contributed by atoms with E-state index in [2.05, 4.69) is 10.3 Å². The predicted molar refractivity (Wildman–Crippen MR) is 132 cm³/mol. The van der Waals surface area contributed by atoms with Crippen LogP contribution in [0.5, 0.6) is 0 Å². The van der Waals surface area contributed by atoms with Gasteiger partial charge in [0.25, 0.3) is 5.91 Å². The Balaban J connectivity index is 1.75. The lowest BCUT2D eigenvalue weighted by Crippen LogP contribution is -2.12. The summed E-state index contributed by atoms with van der Waals surface area (Å²) in [5.74, 6) is -0.537. The summed E-state index contributed by atoms with van der Waals surface area (Å²) >= 11 is 1.21. The maximum atomic E-state index is 14.8. The zero-order valence-corrected chi connectivity index (χ0v) is 20.3. The number of amides is 1. The van der Waals surface area contributed by atoms with Crippen LogP contribution in [0.1, 0.15) is 42.4 Å². The molecule has 4 N–H and O–H groups in total. The third-order valence-corrected chi connectivity index (χ3v) is 5.89. The van der Waals surface area contributed by atoms with E-state index >= 15 is 0 Å². The number of nitrogens with two attached hydrogens (primary N) is 1. The molecule has 3 aromatic rings. The summed E-state index contributed by atoms with van der Waals surface area (Å²) in [7, 11) is 0. The van der Waals surface area contributed by atoms with Gasteiger partial charge in [0.15, 0.2) is 0 Å². The molecule has 2 heterocycles. The zero-order valence-electron chi connectivity index (χ0n) is 19.5. The third-order valence-electron chi connectivity index (χ3n) is 4.80. The number of pyridine rings is 1. The summed E-state index contributed by atoms with van der Waals surface area (Å²) in [6.07, 6.45) is -0.0522. The average Bonchev–Trinajstić information content (AvgIpc) is 3.17. The van der Waals surface area contributed by atoms with Crippen LogP contribution in [-0.4, -0.2) is 41.4 Å². The summed E-state index contributed by atoms with van der Waals surface area (Å²) in [6.45, 7) is 6.87. The Kier molecular flexibility index (Phi) is 9.12. The van der Waals surface area contributed by atoms with E-state index in [1.807, 2.05) is 26.0 Å². The maximum absolute atomic E-state index is 14.8. The molecule has 1 unspecified atom stereocenters. The van der Waals surface area contributed by atoms with Crippen LogP contribution in [0, 0.1) is 5.82 Å². The van der Waals surface area contributed by atoms with Crippen LogP contribution in [0.3, 0.4) is 0 Å². The number of anilines is 2. The van der Waals surface area contributed by atoms with Crippen molar-refractivity contribution in [2.75, 3.05) is 18.5 Å². The number of nitrogens with one attached hydrogen (secondary N) is 1. The van der Waals surface area contributed by atoms with Crippen LogP contribution >= 0.6 is 11.3 Å². The number of benzene rings is 1. The fourth-order valence-corrected chi connectivity index (χ4v) is 4.39. The molecule has 0 saturated carbocycles. The van der Waals surface area contributed by atoms with E-state index in [0.29, 0.717) is 58.8 Å². The number of aliphatic hydroxyl groups is 1. The monoisotopic (exact) mass is 487 g/mol. The van der Waals surface area contributed by atoms with E-state index in [1.54, 1.807) is 31.2 Å². The van der Waals surface area contributed by atoms with Gasteiger partial charge in [0.2, 0.25) is 0 Å². The van der Waals surface area contributed by atoms with Crippen molar-refractivity contribution in [2.24, 2.45) is 5.73 Å². The number of thiophene rings is 1. The van der Waals surface area contributed by atoms with Crippen LogP contribution in [0.25, 0.3) is 10.4 Å². The highest BCUT2D eigenvalue weighted by atomic mass is 32.1. The van der Waals surface area contributed by atoms with Gasteiger partial charge in [-0.3, -0.25) is 4.79 Å². The van der Waals surface area contributed by atoms with Gasteiger partial charge in [0, 0.05) is 10.4 Å². The molecular weight excluding hydrogens is 457 g/mol. The average molecular weight is 488 g/mol. The summed E-state index contributed by atoms with van der Waals surface area (Å²) < 4.78 is 25.8. The van der Waals surface area contributed by atoms with Gasteiger partial charge in [0.05, 0.1) is 43.3 Å². The van der Waals surface area contributed by atoms with E-state index in [0.717, 1.165) is 0 Å². The van der Waals surface area contributed by atoms with E-state index in [9.17, 15) is 14.3 Å². The van der Waals surface area contributed by atoms with Gasteiger partial charge >= 0.3 is 0 Å². The van der Waals surface area contributed by atoms with E-state index in [4.69, 9.17) is 15.2 Å². The standard InChI is InChI=1S/C25H30FN3O4S/c1-15(2)33-10-9-32-14-18-5-4-6-23(28-18)29-25-20(24(27)31)13-22(34-25)19-8-7-17(11-16(3)30)12-21(19)26/h4-8,12-13,15-16,30H,9-11,14H2,1-3H3,(H2,27,31)(H,28,29). The van der Waals surface area contributed by atoms with Gasteiger partial charge < -0.3 is 25.6 Å². The third kappa shape index (κ3) is 7.33. The number of aromatic nitrogens is 1. The minimum Gasteiger partial charge on any atom is -0.393 e. The molecule has 9 heteroatoms. The molecular formula is C25H30FN3O4S. The molecule has 0 fully saturated rings. The van der Waals surface area contributed by atoms with Gasteiger partial charge in [-0.25, -0.2) is 9.37 Å². The van der Waals surface area contributed by atoms with E-state index in [-0.39, 0.29) is 11.7 Å². The predicted octanol–water partition coefficient (Wildman–Crippen LogP) is 4.66. The van der Waals surface area contributed by atoms with Crippen molar-refractivity contribution < 1.29 is 23.8 Å². The minimum absolute atomic E-state index is 0.153. The topological polar surface area (TPSA) is 107 Å². The second kappa shape index (κ2) is 12.0. The van der Waals surface area contributed by atoms with Crippen molar-refractivity contribution in [2.45, 2.75) is 46.0 Å². The van der Waals surface area contributed by atoms with Crippen LogP contribution in [-0.2, 0) is 22.5 Å². The van der Waals surface area contributed by atoms with Crippen LogP contribution < -0.4 is 11.1 Å². The van der Waals surface area contributed by atoms with Gasteiger partial charge in [0.1, 0.15) is 16.6 Å². The Hall–Kier alpha value is -2.85. The van der Waals surface area contributed by atoms with Crippen LogP contribution in [0.2, 0.25) is 0 Å². The second-order valence-electron chi connectivity index (χ2n) is 8.20. The zero-order chi connectivity index (χ0) is 24.7. The number of hydrogen-bond acceptors (Lipinski definition) is 7. The number of carbonyl (C=O) groups is 1. The molecule has 0 radical (unpaired) electrons. The summed E-state index contributed by atoms with van der Waals surface area (Å²) in [6, 6.07) is 11.8. The van der Waals surface area contributed by atoms with Crippen molar-refractivity contribution in [1.82, 2.24) is 4.98 Å². The number of halogens is 1. The highest BCUT2D eigenvalue weighted by Crippen LogP contribution is 2.38. The first-order chi connectivity index (χ1) is 16.2. The van der Waals surface area contributed by atoms with Crippen LogP contribution in [0.4, 0.5) is 15.2 Å².